The Hall–Kier alpha value is -4.20. The number of aryl methyl sites for hydroxylation is 4. The van der Waals surface area contributed by atoms with Gasteiger partial charge in [-0.3, -0.25) is 0 Å². The lowest BCUT2D eigenvalue weighted by Crippen LogP contribution is -2.24. The average molecular weight is 679 g/mol. The standard InChI is InChI=1S/C37H29F6N2PS/c38-36(39,40)28-21-29(37(41,42)43)23-30(22-28)44-35(47)45-33-19-24-11-15-26(33)16-12-25-14-18-27(17-13-24)34(20-25)46(31-7-3-1-4-8-31)32-9-5-2-6-10-32/h1-11,14-15,18-23H,12-13,16-17H2,(H2,44,45,47). The van der Waals surface area contributed by atoms with Crippen LogP contribution in [0.4, 0.5) is 37.7 Å². The smallest absolute Gasteiger partial charge is 0.332 e. The Morgan fingerprint density at radius 3 is 1.62 bits per heavy atom. The highest BCUT2D eigenvalue weighted by atomic mass is 32.1. The van der Waals surface area contributed by atoms with Gasteiger partial charge in [-0.2, -0.15) is 26.3 Å². The molecule has 0 spiro atoms. The summed E-state index contributed by atoms with van der Waals surface area (Å²) in [4.78, 5) is 0. The number of benzene rings is 5. The van der Waals surface area contributed by atoms with E-state index in [1.54, 1.807) is 0 Å². The largest absolute Gasteiger partial charge is 0.416 e. The van der Waals surface area contributed by atoms with Crippen LogP contribution < -0.4 is 26.5 Å². The molecule has 0 saturated carbocycles. The van der Waals surface area contributed by atoms with E-state index in [4.69, 9.17) is 12.2 Å². The van der Waals surface area contributed by atoms with E-state index in [-0.39, 0.29) is 11.2 Å². The van der Waals surface area contributed by atoms with Crippen molar-refractivity contribution in [2.45, 2.75) is 38.0 Å². The minimum Gasteiger partial charge on any atom is -0.332 e. The Bertz CT molecular complexity index is 1820. The average Bonchev–Trinajstić information content (AvgIpc) is 3.03. The summed E-state index contributed by atoms with van der Waals surface area (Å²) < 4.78 is 80.4. The van der Waals surface area contributed by atoms with Gasteiger partial charge in [-0.25, -0.2) is 0 Å². The molecule has 0 radical (unpaired) electrons. The Balaban J connectivity index is 1.28. The summed E-state index contributed by atoms with van der Waals surface area (Å²) in [6.45, 7) is 0. The van der Waals surface area contributed by atoms with Crippen LogP contribution in [0.1, 0.15) is 33.4 Å². The minimum atomic E-state index is -4.96. The summed E-state index contributed by atoms with van der Waals surface area (Å²) in [6, 6.07) is 35.2. The minimum absolute atomic E-state index is 0.0913. The molecule has 2 nitrogen and oxygen atoms in total. The quantitative estimate of drug-likeness (QED) is 0.110. The van der Waals surface area contributed by atoms with Gasteiger partial charge in [0.25, 0.3) is 0 Å². The predicted molar refractivity (Wildman–Crippen MR) is 183 cm³/mol. The van der Waals surface area contributed by atoms with Crippen LogP contribution in [0.25, 0.3) is 0 Å². The van der Waals surface area contributed by atoms with E-state index in [1.807, 2.05) is 24.3 Å². The van der Waals surface area contributed by atoms with E-state index in [1.165, 1.54) is 27.0 Å². The maximum atomic E-state index is 13.4. The third-order valence-corrected chi connectivity index (χ3v) is 10.8. The van der Waals surface area contributed by atoms with Crippen LogP contribution >= 0.6 is 20.1 Å². The van der Waals surface area contributed by atoms with E-state index in [0.29, 0.717) is 24.2 Å². The van der Waals surface area contributed by atoms with Gasteiger partial charge in [0, 0.05) is 11.4 Å². The molecule has 5 aromatic rings. The second-order valence-corrected chi connectivity index (χ2v) is 13.9. The highest BCUT2D eigenvalue weighted by Gasteiger charge is 2.37. The van der Waals surface area contributed by atoms with E-state index in [0.717, 1.165) is 30.4 Å². The summed E-state index contributed by atoms with van der Waals surface area (Å²) in [5, 5.41) is 9.36. The lowest BCUT2D eigenvalue weighted by Gasteiger charge is -2.24. The van der Waals surface area contributed by atoms with Crippen LogP contribution in [0.15, 0.2) is 115 Å². The van der Waals surface area contributed by atoms with E-state index in [9.17, 15) is 26.3 Å². The number of thiocarbonyl (C=S) groups is 1. The highest BCUT2D eigenvalue weighted by molar-refractivity contribution is 7.80. The van der Waals surface area contributed by atoms with Crippen molar-refractivity contribution in [1.82, 2.24) is 0 Å². The van der Waals surface area contributed by atoms with Crippen molar-refractivity contribution in [3.63, 3.8) is 0 Å². The molecule has 0 heterocycles. The van der Waals surface area contributed by atoms with Crippen molar-refractivity contribution < 1.29 is 26.3 Å². The first-order chi connectivity index (χ1) is 22.4. The third-order valence-electron chi connectivity index (χ3n) is 8.05. The summed E-state index contributed by atoms with van der Waals surface area (Å²) in [6.07, 6.45) is -7.06. The van der Waals surface area contributed by atoms with Gasteiger partial charge in [0.1, 0.15) is 0 Å². The fourth-order valence-corrected chi connectivity index (χ4v) is 8.54. The summed E-state index contributed by atoms with van der Waals surface area (Å²) in [5.41, 5.74) is 1.81. The van der Waals surface area contributed by atoms with Crippen LogP contribution in [-0.2, 0) is 38.0 Å². The van der Waals surface area contributed by atoms with Gasteiger partial charge < -0.3 is 10.6 Å². The van der Waals surface area contributed by atoms with Crippen molar-refractivity contribution in [3.8, 4) is 0 Å². The first-order valence-corrected chi connectivity index (χ1v) is 16.7. The molecular weight excluding hydrogens is 649 g/mol. The molecule has 0 fully saturated rings. The molecule has 2 N–H and O–H groups in total. The zero-order valence-electron chi connectivity index (χ0n) is 24.9. The molecule has 4 bridgehead atoms. The SMILES string of the molecule is FC(F)(F)c1cc(NC(=S)Nc2cc3ccc2CCc2ccc(c(P(c4ccccc4)c4ccccc4)c2)CC3)cc(C(F)(F)F)c1. The summed E-state index contributed by atoms with van der Waals surface area (Å²) in [7, 11) is -0.797. The molecule has 47 heavy (non-hydrogen) atoms. The number of halogens is 6. The molecule has 240 valence electrons. The van der Waals surface area contributed by atoms with Gasteiger partial charge in [0.15, 0.2) is 5.11 Å². The van der Waals surface area contributed by atoms with Gasteiger partial charge in [-0.15, -0.1) is 0 Å². The van der Waals surface area contributed by atoms with Crippen LogP contribution in [0, 0.1) is 0 Å². The third kappa shape index (κ3) is 7.86. The van der Waals surface area contributed by atoms with Gasteiger partial charge >= 0.3 is 12.4 Å². The van der Waals surface area contributed by atoms with E-state index < -0.39 is 37.1 Å². The monoisotopic (exact) mass is 678 g/mol. The van der Waals surface area contributed by atoms with Gasteiger partial charge in [0.2, 0.25) is 0 Å². The molecule has 0 atom stereocenters. The highest BCUT2D eigenvalue weighted by Crippen LogP contribution is 2.38. The van der Waals surface area contributed by atoms with E-state index in [2.05, 4.69) is 83.4 Å². The van der Waals surface area contributed by atoms with Crippen molar-refractivity contribution in [2.24, 2.45) is 0 Å². The second-order valence-electron chi connectivity index (χ2n) is 11.3. The number of nitrogens with one attached hydrogen (secondary N) is 2. The summed E-state index contributed by atoms with van der Waals surface area (Å²) in [5.74, 6) is 0. The van der Waals surface area contributed by atoms with Gasteiger partial charge in [-0.1, -0.05) is 91.0 Å². The molecule has 0 amide bonds. The normalized spacial score (nSPS) is 13.3. The first-order valence-electron chi connectivity index (χ1n) is 15.0. The van der Waals surface area contributed by atoms with Crippen LogP contribution in [-0.4, -0.2) is 5.11 Å². The fourth-order valence-electron chi connectivity index (χ4n) is 5.75. The predicted octanol–water partition coefficient (Wildman–Crippen LogP) is 9.18. The second kappa shape index (κ2) is 13.5. The van der Waals surface area contributed by atoms with Gasteiger partial charge in [-0.05, 0) is 108 Å². The topological polar surface area (TPSA) is 24.1 Å². The molecule has 0 unspecified atom stereocenters. The van der Waals surface area contributed by atoms with Crippen molar-refractivity contribution in [1.29, 1.82) is 0 Å². The summed E-state index contributed by atoms with van der Waals surface area (Å²) >= 11 is 5.38. The Morgan fingerprint density at radius 1 is 0.553 bits per heavy atom. The maximum absolute atomic E-state index is 13.4. The fraction of sp³-hybridized carbons (Fsp3) is 0.162. The lowest BCUT2D eigenvalue weighted by atomic mass is 9.95. The molecule has 9 rings (SSSR count). The van der Waals surface area contributed by atoms with Gasteiger partial charge in [0.05, 0.1) is 11.1 Å². The molecule has 0 aliphatic heterocycles. The Kier molecular flexibility index (Phi) is 9.40. The molecule has 10 heteroatoms. The van der Waals surface area contributed by atoms with Crippen molar-refractivity contribution in [2.75, 3.05) is 10.6 Å². The molecule has 4 aliphatic carbocycles. The van der Waals surface area contributed by atoms with Crippen LogP contribution in [0.3, 0.4) is 0 Å². The Morgan fingerprint density at radius 2 is 1.06 bits per heavy atom. The van der Waals surface area contributed by atoms with Crippen molar-refractivity contribution in [3.05, 3.63) is 149 Å². The lowest BCUT2D eigenvalue weighted by molar-refractivity contribution is -0.143. The number of anilines is 2. The van der Waals surface area contributed by atoms with E-state index >= 15 is 0 Å². The number of hydrogen-bond donors (Lipinski definition) is 2. The van der Waals surface area contributed by atoms with Crippen LogP contribution in [0.5, 0.6) is 0 Å². The maximum Gasteiger partial charge on any atom is 0.416 e. The zero-order chi connectivity index (χ0) is 33.2. The van der Waals surface area contributed by atoms with Crippen LogP contribution in [0.2, 0.25) is 0 Å². The number of rotatable bonds is 5. The number of alkyl halides is 6. The molecule has 0 aromatic heterocycles. The molecule has 0 saturated heterocycles. The number of hydrogen-bond acceptors (Lipinski definition) is 1. The first kappa shape index (κ1) is 32.7. The molecule has 4 aliphatic rings. The molecular formula is C37H29F6N2PS. The van der Waals surface area contributed by atoms with Crippen molar-refractivity contribution >= 4 is 52.5 Å². The zero-order valence-corrected chi connectivity index (χ0v) is 26.6. The Labute approximate surface area is 275 Å². The molecule has 5 aromatic carbocycles.